The number of aliphatic carboxylic acids is 1. The van der Waals surface area contributed by atoms with E-state index in [1.165, 1.54) is 5.56 Å². The van der Waals surface area contributed by atoms with Gasteiger partial charge in [-0.3, -0.25) is 9.59 Å². The minimum absolute atomic E-state index is 0.227. The first-order valence-corrected chi connectivity index (χ1v) is 8.38. The van der Waals surface area contributed by atoms with Gasteiger partial charge in [-0.05, 0) is 36.1 Å². The highest BCUT2D eigenvalue weighted by Crippen LogP contribution is 2.39. The van der Waals surface area contributed by atoms with Crippen molar-refractivity contribution >= 4 is 17.6 Å². The lowest BCUT2D eigenvalue weighted by Crippen LogP contribution is -2.16. The molecule has 0 radical (unpaired) electrons. The van der Waals surface area contributed by atoms with Crippen molar-refractivity contribution in [2.75, 3.05) is 11.9 Å². The van der Waals surface area contributed by atoms with E-state index in [0.29, 0.717) is 25.3 Å². The van der Waals surface area contributed by atoms with Crippen LogP contribution in [0.4, 0.5) is 5.69 Å². The number of ether oxygens (including phenoxy) is 1. The molecule has 0 aromatic heterocycles. The number of amides is 1. The number of carbonyl (C=O) groups is 2. The molecule has 1 aliphatic carbocycles. The van der Waals surface area contributed by atoms with Gasteiger partial charge in [0.25, 0.3) is 0 Å². The lowest BCUT2D eigenvalue weighted by molar-refractivity contribution is -0.139. The summed E-state index contributed by atoms with van der Waals surface area (Å²) in [5.74, 6) is -2.08. The zero-order valence-electron chi connectivity index (χ0n) is 13.9. The lowest BCUT2D eigenvalue weighted by Gasteiger charge is -2.08. The summed E-state index contributed by atoms with van der Waals surface area (Å²) in [5.41, 5.74) is 2.88. The number of benzene rings is 2. The number of carbonyl (C=O) groups excluding carboxylic acids is 1. The maximum Gasteiger partial charge on any atom is 0.307 e. The Hall–Kier alpha value is -2.66. The van der Waals surface area contributed by atoms with Crippen LogP contribution >= 0.6 is 0 Å². The Morgan fingerprint density at radius 2 is 1.80 bits per heavy atom. The third kappa shape index (κ3) is 4.90. The van der Waals surface area contributed by atoms with Crippen molar-refractivity contribution in [2.24, 2.45) is 11.8 Å². The smallest absolute Gasteiger partial charge is 0.307 e. The molecule has 0 spiro atoms. The first-order chi connectivity index (χ1) is 12.1. The Kier molecular flexibility index (Phi) is 5.46. The Balaban J connectivity index is 1.45. The van der Waals surface area contributed by atoms with E-state index in [2.05, 4.69) is 17.4 Å². The van der Waals surface area contributed by atoms with E-state index in [0.717, 1.165) is 12.0 Å². The standard InChI is InChI=1S/C20H21NO4/c22-19(17-12-18(17)20(23)24)21-16-8-4-7-15(11-16)13-25-10-9-14-5-2-1-3-6-14/h1-8,11,17-18H,9-10,12-13H2,(H,21,22)(H,23,24). The van der Waals surface area contributed by atoms with Gasteiger partial charge in [-0.15, -0.1) is 0 Å². The van der Waals surface area contributed by atoms with Crippen molar-refractivity contribution in [2.45, 2.75) is 19.4 Å². The molecule has 0 bridgehead atoms. The molecule has 1 saturated carbocycles. The van der Waals surface area contributed by atoms with Crippen molar-refractivity contribution < 1.29 is 19.4 Å². The molecule has 130 valence electrons. The van der Waals surface area contributed by atoms with E-state index in [4.69, 9.17) is 9.84 Å². The molecule has 2 N–H and O–H groups in total. The molecular weight excluding hydrogens is 318 g/mol. The molecule has 2 aromatic rings. The second kappa shape index (κ2) is 7.94. The number of nitrogens with one attached hydrogen (secondary N) is 1. The first kappa shape index (κ1) is 17.2. The zero-order valence-corrected chi connectivity index (χ0v) is 13.9. The highest BCUT2D eigenvalue weighted by atomic mass is 16.5. The van der Waals surface area contributed by atoms with Crippen LogP contribution in [-0.4, -0.2) is 23.6 Å². The summed E-state index contributed by atoms with van der Waals surface area (Å²) in [6, 6.07) is 17.6. The van der Waals surface area contributed by atoms with Gasteiger partial charge in [-0.1, -0.05) is 42.5 Å². The summed E-state index contributed by atoms with van der Waals surface area (Å²) in [6.07, 6.45) is 1.28. The van der Waals surface area contributed by atoms with Gasteiger partial charge < -0.3 is 15.2 Å². The molecule has 5 heteroatoms. The van der Waals surface area contributed by atoms with E-state index in [-0.39, 0.29) is 5.91 Å². The molecule has 0 heterocycles. The van der Waals surface area contributed by atoms with Gasteiger partial charge in [0.2, 0.25) is 5.91 Å². The largest absolute Gasteiger partial charge is 0.481 e. The number of hydrogen-bond acceptors (Lipinski definition) is 3. The van der Waals surface area contributed by atoms with Crippen LogP contribution in [0.2, 0.25) is 0 Å². The molecule has 0 saturated heterocycles. The number of hydrogen-bond donors (Lipinski definition) is 2. The SMILES string of the molecule is O=C(O)C1CC1C(=O)Nc1cccc(COCCc2ccccc2)c1. The number of carboxylic acid groups (broad SMARTS) is 1. The van der Waals surface area contributed by atoms with E-state index >= 15 is 0 Å². The highest BCUT2D eigenvalue weighted by molar-refractivity contribution is 5.98. The summed E-state index contributed by atoms with van der Waals surface area (Å²) in [7, 11) is 0. The maximum atomic E-state index is 12.0. The van der Waals surface area contributed by atoms with E-state index in [1.807, 2.05) is 36.4 Å². The van der Waals surface area contributed by atoms with Crippen LogP contribution < -0.4 is 5.32 Å². The average Bonchev–Trinajstić information content (AvgIpc) is 3.41. The van der Waals surface area contributed by atoms with Crippen molar-refractivity contribution in [3.05, 3.63) is 65.7 Å². The van der Waals surface area contributed by atoms with Crippen molar-refractivity contribution in [1.82, 2.24) is 0 Å². The number of rotatable bonds is 8. The second-order valence-corrected chi connectivity index (χ2v) is 6.26. The van der Waals surface area contributed by atoms with E-state index < -0.39 is 17.8 Å². The monoisotopic (exact) mass is 339 g/mol. The fraction of sp³-hybridized carbons (Fsp3) is 0.300. The minimum atomic E-state index is -0.902. The Bertz CT molecular complexity index is 744. The van der Waals surface area contributed by atoms with Crippen molar-refractivity contribution in [3.8, 4) is 0 Å². The van der Waals surface area contributed by atoms with Gasteiger partial charge in [0, 0.05) is 5.69 Å². The fourth-order valence-corrected chi connectivity index (χ4v) is 2.76. The van der Waals surface area contributed by atoms with Gasteiger partial charge in [0.15, 0.2) is 0 Å². The lowest BCUT2D eigenvalue weighted by atomic mass is 10.2. The topological polar surface area (TPSA) is 75.6 Å². The third-order valence-corrected chi connectivity index (χ3v) is 4.29. The minimum Gasteiger partial charge on any atom is -0.481 e. The van der Waals surface area contributed by atoms with Crippen LogP contribution in [0, 0.1) is 11.8 Å². The molecule has 1 fully saturated rings. The predicted octanol–water partition coefficient (Wildman–Crippen LogP) is 3.11. The molecule has 2 aromatic carbocycles. The molecule has 2 unspecified atom stereocenters. The summed E-state index contributed by atoms with van der Waals surface area (Å²) in [5, 5.41) is 11.7. The predicted molar refractivity (Wildman–Crippen MR) is 94.1 cm³/mol. The van der Waals surface area contributed by atoms with Crippen LogP contribution in [0.15, 0.2) is 54.6 Å². The summed E-state index contributed by atoms with van der Waals surface area (Å²) in [6.45, 7) is 1.10. The summed E-state index contributed by atoms with van der Waals surface area (Å²) in [4.78, 5) is 22.8. The van der Waals surface area contributed by atoms with Crippen LogP contribution in [0.1, 0.15) is 17.5 Å². The summed E-state index contributed by atoms with van der Waals surface area (Å²) < 4.78 is 5.70. The van der Waals surface area contributed by atoms with Gasteiger partial charge in [0.1, 0.15) is 0 Å². The molecule has 3 rings (SSSR count). The number of carboxylic acids is 1. The fourth-order valence-electron chi connectivity index (χ4n) is 2.76. The van der Waals surface area contributed by atoms with E-state index in [1.54, 1.807) is 6.07 Å². The quantitative estimate of drug-likeness (QED) is 0.725. The maximum absolute atomic E-state index is 12.0. The zero-order chi connectivity index (χ0) is 17.6. The molecule has 25 heavy (non-hydrogen) atoms. The van der Waals surface area contributed by atoms with Crippen LogP contribution in [0.3, 0.4) is 0 Å². The van der Waals surface area contributed by atoms with Gasteiger partial charge in [0.05, 0.1) is 25.0 Å². The highest BCUT2D eigenvalue weighted by Gasteiger charge is 2.48. The number of anilines is 1. The van der Waals surface area contributed by atoms with Crippen molar-refractivity contribution in [1.29, 1.82) is 0 Å². The molecular formula is C20H21NO4. The molecule has 5 nitrogen and oxygen atoms in total. The molecule has 1 aliphatic rings. The first-order valence-electron chi connectivity index (χ1n) is 8.38. The van der Waals surface area contributed by atoms with Crippen molar-refractivity contribution in [3.63, 3.8) is 0 Å². The van der Waals surface area contributed by atoms with Gasteiger partial charge in [-0.25, -0.2) is 0 Å². The normalized spacial score (nSPS) is 18.6. The molecule has 2 atom stereocenters. The van der Waals surface area contributed by atoms with Crippen LogP contribution in [0.5, 0.6) is 0 Å². The summed E-state index contributed by atoms with van der Waals surface area (Å²) >= 11 is 0. The van der Waals surface area contributed by atoms with Crippen LogP contribution in [-0.2, 0) is 27.4 Å². The van der Waals surface area contributed by atoms with Crippen LogP contribution in [0.25, 0.3) is 0 Å². The third-order valence-electron chi connectivity index (χ3n) is 4.29. The molecule has 1 amide bonds. The van der Waals surface area contributed by atoms with Gasteiger partial charge in [-0.2, -0.15) is 0 Å². The average molecular weight is 339 g/mol. The second-order valence-electron chi connectivity index (χ2n) is 6.26. The van der Waals surface area contributed by atoms with Gasteiger partial charge >= 0.3 is 5.97 Å². The molecule has 0 aliphatic heterocycles. The Labute approximate surface area is 146 Å². The van der Waals surface area contributed by atoms with E-state index in [9.17, 15) is 9.59 Å². The Morgan fingerprint density at radius 3 is 2.52 bits per heavy atom. The Morgan fingerprint density at radius 1 is 1.04 bits per heavy atom.